The Balaban J connectivity index is 1.77. The third kappa shape index (κ3) is 2.50. The lowest BCUT2D eigenvalue weighted by molar-refractivity contribution is 0.342. The summed E-state index contributed by atoms with van der Waals surface area (Å²) >= 11 is 0. The molecule has 0 spiro atoms. The van der Waals surface area contributed by atoms with Crippen LogP contribution in [0.3, 0.4) is 0 Å². The zero-order chi connectivity index (χ0) is 15.0. The van der Waals surface area contributed by atoms with Gasteiger partial charge in [0.25, 0.3) is 0 Å². The predicted molar refractivity (Wildman–Crippen MR) is 90.5 cm³/mol. The molecule has 1 aliphatic rings. The largest absolute Gasteiger partial charge is 0.346 e. The second-order valence-corrected chi connectivity index (χ2v) is 6.74. The first-order valence-electron chi connectivity index (χ1n) is 8.39. The molecule has 2 aromatic rings. The quantitative estimate of drug-likeness (QED) is 0.880. The van der Waals surface area contributed by atoms with E-state index in [0.29, 0.717) is 6.04 Å². The van der Waals surface area contributed by atoms with E-state index in [1.54, 1.807) is 0 Å². The van der Waals surface area contributed by atoms with Gasteiger partial charge in [-0.05, 0) is 43.2 Å². The Morgan fingerprint density at radius 2 is 2.00 bits per heavy atom. The molecule has 2 nitrogen and oxygen atoms in total. The van der Waals surface area contributed by atoms with Gasteiger partial charge in [-0.3, -0.25) is 0 Å². The van der Waals surface area contributed by atoms with Crippen molar-refractivity contribution in [3.8, 4) is 0 Å². The lowest BCUT2D eigenvalue weighted by Gasteiger charge is -2.21. The van der Waals surface area contributed by atoms with Crippen molar-refractivity contribution in [1.29, 1.82) is 0 Å². The topological polar surface area (TPSA) is 17.0 Å². The van der Waals surface area contributed by atoms with Crippen molar-refractivity contribution in [3.05, 3.63) is 35.5 Å². The van der Waals surface area contributed by atoms with Crippen LogP contribution in [-0.4, -0.2) is 10.6 Å². The minimum atomic E-state index is 0.687. The maximum Gasteiger partial charge on any atom is 0.0483 e. The number of nitrogens with one attached hydrogen (secondary N) is 1. The lowest BCUT2D eigenvalue weighted by Crippen LogP contribution is -2.33. The van der Waals surface area contributed by atoms with Gasteiger partial charge in [-0.15, -0.1) is 0 Å². The molecule has 1 heterocycles. The van der Waals surface area contributed by atoms with Gasteiger partial charge in [0, 0.05) is 36.2 Å². The molecule has 0 amide bonds. The van der Waals surface area contributed by atoms with E-state index in [-0.39, 0.29) is 0 Å². The van der Waals surface area contributed by atoms with Crippen molar-refractivity contribution in [3.63, 3.8) is 0 Å². The number of para-hydroxylation sites is 1. The molecule has 21 heavy (non-hydrogen) atoms. The van der Waals surface area contributed by atoms with Crippen LogP contribution < -0.4 is 5.32 Å². The van der Waals surface area contributed by atoms with Crippen LogP contribution in [0.5, 0.6) is 0 Å². The van der Waals surface area contributed by atoms with Crippen molar-refractivity contribution in [1.82, 2.24) is 9.88 Å². The summed E-state index contributed by atoms with van der Waals surface area (Å²) < 4.78 is 2.36. The van der Waals surface area contributed by atoms with E-state index in [2.05, 4.69) is 62.0 Å². The molecule has 3 atom stereocenters. The second-order valence-electron chi connectivity index (χ2n) is 6.74. The Morgan fingerprint density at radius 3 is 2.67 bits per heavy atom. The van der Waals surface area contributed by atoms with Crippen LogP contribution in [0.25, 0.3) is 10.9 Å². The summed E-state index contributed by atoms with van der Waals surface area (Å²) in [6.07, 6.45) is 4.05. The van der Waals surface area contributed by atoms with E-state index in [9.17, 15) is 0 Å². The van der Waals surface area contributed by atoms with E-state index in [4.69, 9.17) is 0 Å². The summed E-state index contributed by atoms with van der Waals surface area (Å²) in [5, 5.41) is 5.23. The highest BCUT2D eigenvalue weighted by Crippen LogP contribution is 2.34. The highest BCUT2D eigenvalue weighted by Gasteiger charge is 2.31. The van der Waals surface area contributed by atoms with E-state index >= 15 is 0 Å². The second kappa shape index (κ2) is 5.84. The van der Waals surface area contributed by atoms with Crippen LogP contribution in [0.15, 0.2) is 24.3 Å². The zero-order valence-corrected chi connectivity index (χ0v) is 13.8. The van der Waals surface area contributed by atoms with Gasteiger partial charge in [-0.25, -0.2) is 0 Å². The summed E-state index contributed by atoms with van der Waals surface area (Å²) in [7, 11) is 2.19. The third-order valence-corrected chi connectivity index (χ3v) is 5.79. The average molecular weight is 284 g/mol. The maximum atomic E-state index is 3.83. The molecule has 1 aromatic carbocycles. The highest BCUT2D eigenvalue weighted by molar-refractivity contribution is 5.85. The van der Waals surface area contributed by atoms with Gasteiger partial charge in [0.05, 0.1) is 0 Å². The molecule has 1 N–H and O–H groups in total. The molecule has 0 bridgehead atoms. The van der Waals surface area contributed by atoms with Crippen LogP contribution in [0.1, 0.15) is 44.4 Å². The number of benzene rings is 1. The van der Waals surface area contributed by atoms with Gasteiger partial charge in [-0.1, -0.05) is 38.5 Å². The number of rotatable bonds is 4. The Bertz CT molecular complexity index is 587. The summed E-state index contributed by atoms with van der Waals surface area (Å²) in [6.45, 7) is 8.00. The molecule has 1 aromatic heterocycles. The number of aromatic nitrogens is 1. The molecule has 1 saturated carbocycles. The normalized spacial score (nSPS) is 25.8. The minimum absolute atomic E-state index is 0.687. The van der Waals surface area contributed by atoms with Crippen LogP contribution in [0.2, 0.25) is 0 Å². The van der Waals surface area contributed by atoms with Crippen molar-refractivity contribution < 1.29 is 0 Å². The predicted octanol–water partition coefficient (Wildman–Crippen LogP) is 4.40. The molecular formula is C19H28N2. The fourth-order valence-electron chi connectivity index (χ4n) is 4.23. The fraction of sp³-hybridized carbons (Fsp3) is 0.579. The van der Waals surface area contributed by atoms with Crippen molar-refractivity contribution in [2.75, 3.05) is 0 Å². The average Bonchev–Trinajstić information content (AvgIpc) is 2.97. The highest BCUT2D eigenvalue weighted by atomic mass is 15.0. The molecule has 0 saturated heterocycles. The molecule has 1 fully saturated rings. The van der Waals surface area contributed by atoms with Gasteiger partial charge >= 0.3 is 0 Å². The van der Waals surface area contributed by atoms with Crippen LogP contribution in [0.4, 0.5) is 0 Å². The Labute approximate surface area is 128 Å². The summed E-state index contributed by atoms with van der Waals surface area (Å²) in [5.41, 5.74) is 4.21. The lowest BCUT2D eigenvalue weighted by atomic mass is 9.93. The first kappa shape index (κ1) is 14.6. The number of hydrogen-bond acceptors (Lipinski definition) is 1. The molecular weight excluding hydrogens is 256 g/mol. The van der Waals surface area contributed by atoms with Crippen LogP contribution in [-0.2, 0) is 13.6 Å². The molecule has 2 heteroatoms. The molecule has 0 aliphatic heterocycles. The minimum Gasteiger partial charge on any atom is -0.346 e. The van der Waals surface area contributed by atoms with E-state index in [1.807, 2.05) is 0 Å². The Kier molecular flexibility index (Phi) is 4.08. The zero-order valence-electron chi connectivity index (χ0n) is 13.8. The van der Waals surface area contributed by atoms with Gasteiger partial charge in [-0.2, -0.15) is 0 Å². The van der Waals surface area contributed by atoms with Crippen LogP contribution >= 0.6 is 0 Å². The molecule has 1 aliphatic carbocycles. The standard InChI is InChI=1S/C19H28N2/c1-5-15-10-11-17(13(15)2)20-12-19-14(3)16-8-6-7-9-18(16)21(19)4/h6-9,13,15,17,20H,5,10-12H2,1-4H3. The number of aryl methyl sites for hydroxylation is 2. The molecule has 0 radical (unpaired) electrons. The number of fused-ring (bicyclic) bond motifs is 1. The van der Waals surface area contributed by atoms with Crippen molar-refractivity contribution in [2.24, 2.45) is 18.9 Å². The van der Waals surface area contributed by atoms with Gasteiger partial charge in [0.1, 0.15) is 0 Å². The van der Waals surface area contributed by atoms with Crippen LogP contribution in [0, 0.1) is 18.8 Å². The number of hydrogen-bond donors (Lipinski definition) is 1. The van der Waals surface area contributed by atoms with Gasteiger partial charge < -0.3 is 9.88 Å². The van der Waals surface area contributed by atoms with Gasteiger partial charge in [0.15, 0.2) is 0 Å². The summed E-state index contributed by atoms with van der Waals surface area (Å²) in [6, 6.07) is 9.41. The Morgan fingerprint density at radius 1 is 1.24 bits per heavy atom. The molecule has 3 rings (SSSR count). The number of nitrogens with zero attached hydrogens (tertiary/aromatic N) is 1. The van der Waals surface area contributed by atoms with Crippen molar-refractivity contribution >= 4 is 10.9 Å². The SMILES string of the molecule is CCC1CCC(NCc2c(C)c3ccccc3n2C)C1C. The monoisotopic (exact) mass is 284 g/mol. The fourth-order valence-corrected chi connectivity index (χ4v) is 4.23. The van der Waals surface area contributed by atoms with E-state index < -0.39 is 0 Å². The third-order valence-electron chi connectivity index (χ3n) is 5.79. The summed E-state index contributed by atoms with van der Waals surface area (Å²) in [4.78, 5) is 0. The van der Waals surface area contributed by atoms with E-state index in [1.165, 1.54) is 41.4 Å². The first-order chi connectivity index (χ1) is 10.1. The molecule has 3 unspecified atom stereocenters. The summed E-state index contributed by atoms with van der Waals surface area (Å²) in [5.74, 6) is 1.72. The first-order valence-corrected chi connectivity index (χ1v) is 8.39. The molecule has 114 valence electrons. The van der Waals surface area contributed by atoms with Gasteiger partial charge in [0.2, 0.25) is 0 Å². The smallest absolute Gasteiger partial charge is 0.0483 e. The van der Waals surface area contributed by atoms with Crippen molar-refractivity contribution in [2.45, 2.75) is 52.6 Å². The maximum absolute atomic E-state index is 3.83. The van der Waals surface area contributed by atoms with E-state index in [0.717, 1.165) is 18.4 Å². The Hall–Kier alpha value is -1.28.